The molecule has 0 aliphatic carbocycles. The molecule has 2 rings (SSSR count). The molecule has 7 heteroatoms. The van der Waals surface area contributed by atoms with Crippen molar-refractivity contribution in [2.24, 2.45) is 7.05 Å². The maximum Gasteiger partial charge on any atom is 0.237 e. The zero-order valence-electron chi connectivity index (χ0n) is 12.3. The Kier molecular flexibility index (Phi) is 4.90. The van der Waals surface area contributed by atoms with Gasteiger partial charge in [0.1, 0.15) is 5.82 Å². The van der Waals surface area contributed by atoms with E-state index in [1.165, 1.54) is 11.8 Å². The molecular weight excluding hydrogens is 308 g/mol. The first kappa shape index (κ1) is 15.9. The molecule has 1 atom stereocenters. The number of hydrogen-bond acceptors (Lipinski definition) is 4. The van der Waals surface area contributed by atoms with Gasteiger partial charge < -0.3 is 9.88 Å². The van der Waals surface area contributed by atoms with Crippen LogP contribution in [-0.2, 0) is 11.8 Å². The predicted molar refractivity (Wildman–Crippen MR) is 85.9 cm³/mol. The number of aryl methyl sites for hydroxylation is 2. The van der Waals surface area contributed by atoms with E-state index in [2.05, 4.69) is 15.5 Å². The van der Waals surface area contributed by atoms with E-state index in [0.717, 1.165) is 22.2 Å². The molecule has 112 valence electrons. The Balaban J connectivity index is 2.06. The number of nitrogens with zero attached hydrogens (tertiary/aromatic N) is 3. The van der Waals surface area contributed by atoms with Crippen LogP contribution in [0.2, 0.25) is 5.02 Å². The summed E-state index contributed by atoms with van der Waals surface area (Å²) >= 11 is 7.33. The highest BCUT2D eigenvalue weighted by molar-refractivity contribution is 8.00. The number of anilines is 1. The summed E-state index contributed by atoms with van der Waals surface area (Å²) in [5.41, 5.74) is 1.70. The molecule has 0 spiro atoms. The predicted octanol–water partition coefficient (Wildman–Crippen LogP) is 3.20. The molecule has 0 saturated heterocycles. The van der Waals surface area contributed by atoms with E-state index in [4.69, 9.17) is 11.6 Å². The smallest absolute Gasteiger partial charge is 0.237 e. The molecule has 1 aromatic carbocycles. The molecule has 1 N–H and O–H groups in total. The van der Waals surface area contributed by atoms with Gasteiger partial charge in [0.15, 0.2) is 5.16 Å². The first-order chi connectivity index (χ1) is 9.88. The van der Waals surface area contributed by atoms with E-state index in [1.807, 2.05) is 38.5 Å². The van der Waals surface area contributed by atoms with Crippen molar-refractivity contribution in [3.8, 4) is 0 Å². The van der Waals surface area contributed by atoms with Crippen molar-refractivity contribution in [1.82, 2.24) is 14.8 Å². The molecule has 1 heterocycles. The van der Waals surface area contributed by atoms with Gasteiger partial charge in [-0.25, -0.2) is 0 Å². The van der Waals surface area contributed by atoms with Crippen molar-refractivity contribution in [1.29, 1.82) is 0 Å². The van der Waals surface area contributed by atoms with Gasteiger partial charge in [-0.1, -0.05) is 29.4 Å². The number of rotatable bonds is 4. The fraction of sp³-hybridized carbons (Fsp3) is 0.357. The van der Waals surface area contributed by atoms with E-state index in [9.17, 15) is 4.79 Å². The first-order valence-electron chi connectivity index (χ1n) is 6.48. The summed E-state index contributed by atoms with van der Waals surface area (Å²) in [4.78, 5) is 12.3. The quantitative estimate of drug-likeness (QED) is 0.877. The van der Waals surface area contributed by atoms with Gasteiger partial charge in [0, 0.05) is 17.8 Å². The summed E-state index contributed by atoms with van der Waals surface area (Å²) in [5, 5.41) is 12.0. The van der Waals surface area contributed by atoms with Crippen molar-refractivity contribution < 1.29 is 4.79 Å². The van der Waals surface area contributed by atoms with Crippen LogP contribution in [0.3, 0.4) is 0 Å². The van der Waals surface area contributed by atoms with E-state index in [0.29, 0.717) is 5.02 Å². The van der Waals surface area contributed by atoms with Gasteiger partial charge in [0.2, 0.25) is 5.91 Å². The van der Waals surface area contributed by atoms with E-state index in [1.54, 1.807) is 12.1 Å². The Morgan fingerprint density at radius 2 is 2.10 bits per heavy atom. The number of carbonyl (C=O) groups is 1. The molecule has 5 nitrogen and oxygen atoms in total. The Hall–Kier alpha value is -1.53. The third-order valence-corrected chi connectivity index (χ3v) is 4.53. The lowest BCUT2D eigenvalue weighted by Gasteiger charge is -2.13. The fourth-order valence-electron chi connectivity index (χ4n) is 1.67. The van der Waals surface area contributed by atoms with Gasteiger partial charge >= 0.3 is 0 Å². The summed E-state index contributed by atoms with van der Waals surface area (Å²) in [6, 6.07) is 5.42. The van der Waals surface area contributed by atoms with Crippen LogP contribution >= 0.6 is 23.4 Å². The lowest BCUT2D eigenvalue weighted by molar-refractivity contribution is -0.115. The number of benzene rings is 1. The van der Waals surface area contributed by atoms with Crippen LogP contribution < -0.4 is 5.32 Å². The molecule has 0 bridgehead atoms. The molecule has 1 aromatic heterocycles. The van der Waals surface area contributed by atoms with Crippen molar-refractivity contribution in [2.75, 3.05) is 5.32 Å². The van der Waals surface area contributed by atoms with Crippen molar-refractivity contribution in [2.45, 2.75) is 31.2 Å². The molecule has 0 fully saturated rings. The summed E-state index contributed by atoms with van der Waals surface area (Å²) < 4.78 is 1.86. The van der Waals surface area contributed by atoms with Crippen molar-refractivity contribution >= 4 is 35.0 Å². The third kappa shape index (κ3) is 3.77. The molecule has 0 unspecified atom stereocenters. The molecular formula is C14H17ClN4OS. The van der Waals surface area contributed by atoms with Crippen LogP contribution in [0.5, 0.6) is 0 Å². The summed E-state index contributed by atoms with van der Waals surface area (Å²) in [6.07, 6.45) is 0. The standard InChI is InChI=1S/C14H17ClN4OS/c1-8-5-6-11(15)7-12(8)16-13(20)9(2)21-14-18-17-10(3)19(14)4/h5-7,9H,1-4H3,(H,16,20)/t9-/m1/s1. The zero-order chi connectivity index (χ0) is 15.6. The van der Waals surface area contributed by atoms with Crippen LogP contribution in [0.4, 0.5) is 5.69 Å². The molecule has 21 heavy (non-hydrogen) atoms. The maximum atomic E-state index is 12.3. The minimum absolute atomic E-state index is 0.0916. The van der Waals surface area contributed by atoms with Crippen molar-refractivity contribution in [3.05, 3.63) is 34.6 Å². The number of aromatic nitrogens is 3. The number of carbonyl (C=O) groups excluding carboxylic acids is 1. The second-order valence-electron chi connectivity index (χ2n) is 4.80. The van der Waals surface area contributed by atoms with Crippen LogP contribution in [-0.4, -0.2) is 25.9 Å². The van der Waals surface area contributed by atoms with Gasteiger partial charge in [0.05, 0.1) is 5.25 Å². The molecule has 0 saturated carbocycles. The lowest BCUT2D eigenvalue weighted by Crippen LogP contribution is -2.23. The normalized spacial score (nSPS) is 12.2. The third-order valence-electron chi connectivity index (χ3n) is 3.16. The Labute approximate surface area is 133 Å². The number of hydrogen-bond donors (Lipinski definition) is 1. The molecule has 0 aliphatic heterocycles. The Morgan fingerprint density at radius 3 is 2.71 bits per heavy atom. The second-order valence-corrected chi connectivity index (χ2v) is 6.54. The summed E-state index contributed by atoms with van der Waals surface area (Å²) in [5.74, 6) is 0.724. The van der Waals surface area contributed by atoms with Crippen LogP contribution in [0.25, 0.3) is 0 Å². The Bertz CT molecular complexity index is 671. The van der Waals surface area contributed by atoms with Gasteiger partial charge in [-0.05, 0) is 38.5 Å². The van der Waals surface area contributed by atoms with Crippen molar-refractivity contribution in [3.63, 3.8) is 0 Å². The molecule has 2 aromatic rings. The highest BCUT2D eigenvalue weighted by atomic mass is 35.5. The number of halogens is 1. The highest BCUT2D eigenvalue weighted by Gasteiger charge is 2.18. The monoisotopic (exact) mass is 324 g/mol. The number of amides is 1. The van der Waals surface area contributed by atoms with Crippen LogP contribution in [0, 0.1) is 13.8 Å². The van der Waals surface area contributed by atoms with Gasteiger partial charge in [-0.2, -0.15) is 0 Å². The Morgan fingerprint density at radius 1 is 1.38 bits per heavy atom. The SMILES string of the molecule is Cc1ccc(Cl)cc1NC(=O)[C@@H](C)Sc1nnc(C)n1C. The first-order valence-corrected chi connectivity index (χ1v) is 7.74. The summed E-state index contributed by atoms with van der Waals surface area (Å²) in [7, 11) is 1.88. The highest BCUT2D eigenvalue weighted by Crippen LogP contribution is 2.24. The minimum atomic E-state index is -0.286. The van der Waals surface area contributed by atoms with Gasteiger partial charge in [-0.15, -0.1) is 10.2 Å². The molecule has 0 aliphatic rings. The zero-order valence-corrected chi connectivity index (χ0v) is 13.9. The topological polar surface area (TPSA) is 59.8 Å². The van der Waals surface area contributed by atoms with Crippen LogP contribution in [0.1, 0.15) is 18.3 Å². The van der Waals surface area contributed by atoms with Gasteiger partial charge in [0.25, 0.3) is 0 Å². The van der Waals surface area contributed by atoms with E-state index >= 15 is 0 Å². The van der Waals surface area contributed by atoms with Crippen LogP contribution in [0.15, 0.2) is 23.4 Å². The van der Waals surface area contributed by atoms with E-state index < -0.39 is 0 Å². The fourth-order valence-corrected chi connectivity index (χ4v) is 2.70. The van der Waals surface area contributed by atoms with E-state index in [-0.39, 0.29) is 11.2 Å². The molecule has 1 amide bonds. The average molecular weight is 325 g/mol. The summed E-state index contributed by atoms with van der Waals surface area (Å²) in [6.45, 7) is 5.64. The molecule has 0 radical (unpaired) electrons. The second kappa shape index (κ2) is 6.49. The van der Waals surface area contributed by atoms with Gasteiger partial charge in [-0.3, -0.25) is 4.79 Å². The maximum absolute atomic E-state index is 12.3. The largest absolute Gasteiger partial charge is 0.325 e. The number of nitrogens with one attached hydrogen (secondary N) is 1. The lowest BCUT2D eigenvalue weighted by atomic mass is 10.2. The minimum Gasteiger partial charge on any atom is -0.325 e. The number of thioether (sulfide) groups is 1. The average Bonchev–Trinajstić information content (AvgIpc) is 2.74.